The average Bonchev–Trinajstić information content (AvgIpc) is 2.59. The van der Waals surface area contributed by atoms with Gasteiger partial charge in [-0.2, -0.15) is 0 Å². The predicted octanol–water partition coefficient (Wildman–Crippen LogP) is 3.69. The first-order valence-electron chi connectivity index (χ1n) is 7.67. The van der Waals surface area contributed by atoms with Crippen LogP contribution in [0.5, 0.6) is 11.6 Å². The number of hydrogen-bond acceptors (Lipinski definition) is 5. The Morgan fingerprint density at radius 3 is 2.62 bits per heavy atom. The largest absolute Gasteiger partial charge is 0.439 e. The molecule has 26 heavy (non-hydrogen) atoms. The quantitative estimate of drug-likeness (QED) is 0.789. The summed E-state index contributed by atoms with van der Waals surface area (Å²) in [6.45, 7) is 3.17. The maximum absolute atomic E-state index is 12.3. The molecule has 2 N–H and O–H groups in total. The van der Waals surface area contributed by atoms with Gasteiger partial charge in [-0.3, -0.25) is 4.79 Å². The third kappa shape index (κ3) is 6.00. The van der Waals surface area contributed by atoms with Crippen molar-refractivity contribution in [3.63, 3.8) is 0 Å². The van der Waals surface area contributed by atoms with Crippen LogP contribution >= 0.6 is 36.4 Å². The van der Waals surface area contributed by atoms with Crippen molar-refractivity contribution in [2.75, 3.05) is 18.5 Å². The average molecular weight is 421 g/mol. The Labute approximate surface area is 169 Å². The van der Waals surface area contributed by atoms with Crippen LogP contribution in [-0.2, 0) is 9.53 Å². The Kier molecular flexibility index (Phi) is 9.12. The van der Waals surface area contributed by atoms with Gasteiger partial charge >= 0.3 is 0 Å². The smallest absolute Gasteiger partial charge is 0.244 e. The summed E-state index contributed by atoms with van der Waals surface area (Å²) >= 11 is 5.79. The van der Waals surface area contributed by atoms with E-state index in [0.717, 1.165) is 0 Å². The zero-order valence-corrected chi connectivity index (χ0v) is 16.4. The highest BCUT2D eigenvalue weighted by atomic mass is 35.5. The van der Waals surface area contributed by atoms with Crippen LogP contribution in [0.15, 0.2) is 42.6 Å². The van der Waals surface area contributed by atoms with Crippen LogP contribution in [0.25, 0.3) is 0 Å². The summed E-state index contributed by atoms with van der Waals surface area (Å²) in [5.74, 6) is 0.958. The number of nitrogens with zero attached hydrogens (tertiary/aromatic N) is 1. The number of carbonyl (C=O) groups excluding carboxylic acids is 1. The van der Waals surface area contributed by atoms with Crippen LogP contribution in [0.3, 0.4) is 0 Å². The molecule has 0 aliphatic carbocycles. The lowest BCUT2D eigenvalue weighted by Crippen LogP contribution is -2.53. The number of anilines is 1. The zero-order chi connectivity index (χ0) is 16.9. The van der Waals surface area contributed by atoms with Crippen molar-refractivity contribution in [1.29, 1.82) is 0 Å². The minimum atomic E-state index is -0.354. The highest BCUT2D eigenvalue weighted by molar-refractivity contribution is 6.30. The number of hydrogen-bond donors (Lipinski definition) is 2. The molecule has 6 nitrogen and oxygen atoms in total. The van der Waals surface area contributed by atoms with Crippen molar-refractivity contribution in [3.05, 3.63) is 47.6 Å². The molecule has 0 spiro atoms. The first kappa shape index (κ1) is 22.5. The van der Waals surface area contributed by atoms with Crippen molar-refractivity contribution in [1.82, 2.24) is 10.3 Å². The molecule has 1 aromatic heterocycles. The van der Waals surface area contributed by atoms with Crippen molar-refractivity contribution in [2.45, 2.75) is 19.1 Å². The Morgan fingerprint density at radius 2 is 2.00 bits per heavy atom. The molecular weight excluding hydrogens is 401 g/mol. The van der Waals surface area contributed by atoms with Crippen LogP contribution in [0.4, 0.5) is 5.69 Å². The Bertz CT molecular complexity index is 699. The van der Waals surface area contributed by atoms with Gasteiger partial charge in [0.1, 0.15) is 11.8 Å². The fraction of sp³-hybridized carbons (Fsp3) is 0.294. The van der Waals surface area contributed by atoms with E-state index in [0.29, 0.717) is 35.5 Å². The summed E-state index contributed by atoms with van der Waals surface area (Å²) in [5.41, 5.74) is 0.691. The van der Waals surface area contributed by atoms with Gasteiger partial charge in [-0.1, -0.05) is 11.6 Å². The van der Waals surface area contributed by atoms with E-state index in [9.17, 15) is 4.79 Å². The molecule has 2 atom stereocenters. The molecule has 1 amide bonds. The molecule has 1 saturated heterocycles. The molecule has 0 bridgehead atoms. The van der Waals surface area contributed by atoms with Gasteiger partial charge in [0.05, 0.1) is 17.7 Å². The van der Waals surface area contributed by atoms with E-state index < -0.39 is 0 Å². The third-order valence-corrected chi connectivity index (χ3v) is 3.87. The molecule has 3 rings (SSSR count). The van der Waals surface area contributed by atoms with E-state index in [-0.39, 0.29) is 42.9 Å². The van der Waals surface area contributed by atoms with E-state index in [4.69, 9.17) is 21.1 Å². The van der Waals surface area contributed by atoms with Crippen LogP contribution < -0.4 is 15.4 Å². The molecule has 1 aromatic carbocycles. The second-order valence-electron chi connectivity index (χ2n) is 5.44. The molecule has 1 fully saturated rings. The molecule has 142 valence electrons. The third-order valence-electron chi connectivity index (χ3n) is 3.64. The first-order chi connectivity index (χ1) is 11.6. The second-order valence-corrected chi connectivity index (χ2v) is 5.87. The molecule has 2 aromatic rings. The summed E-state index contributed by atoms with van der Waals surface area (Å²) in [4.78, 5) is 16.3. The van der Waals surface area contributed by atoms with Crippen molar-refractivity contribution in [2.24, 2.45) is 0 Å². The van der Waals surface area contributed by atoms with Gasteiger partial charge in [-0.25, -0.2) is 4.98 Å². The molecule has 1 aliphatic heterocycles. The fourth-order valence-electron chi connectivity index (χ4n) is 2.40. The molecule has 1 aliphatic rings. The summed E-state index contributed by atoms with van der Waals surface area (Å²) < 4.78 is 11.1. The summed E-state index contributed by atoms with van der Waals surface area (Å²) in [7, 11) is 0. The topological polar surface area (TPSA) is 72.5 Å². The summed E-state index contributed by atoms with van der Waals surface area (Å²) in [6.07, 6.45) is 1.36. The Morgan fingerprint density at radius 1 is 1.27 bits per heavy atom. The van der Waals surface area contributed by atoms with E-state index in [1.165, 1.54) is 6.20 Å². The zero-order valence-electron chi connectivity index (χ0n) is 14.0. The maximum Gasteiger partial charge on any atom is 0.244 e. The van der Waals surface area contributed by atoms with Crippen molar-refractivity contribution >= 4 is 48.0 Å². The number of nitrogens with one attached hydrogen (secondary N) is 2. The lowest BCUT2D eigenvalue weighted by Gasteiger charge is -2.29. The standard InChI is InChI=1S/C17H18ClN3O3.2ClH/c1-11-16(19-8-9-23-11)17(22)21-13-3-5-14(6-4-13)24-15-7-2-12(18)10-20-15;;/h2-7,10-11,16,19H,8-9H2,1H3,(H,21,22);2*1H/t11-,16+;;/m1../s1. The molecule has 0 saturated carbocycles. The van der Waals surface area contributed by atoms with E-state index in [2.05, 4.69) is 15.6 Å². The molecule has 2 heterocycles. The lowest BCUT2D eigenvalue weighted by atomic mass is 10.1. The lowest BCUT2D eigenvalue weighted by molar-refractivity contribution is -0.123. The monoisotopic (exact) mass is 419 g/mol. The highest BCUT2D eigenvalue weighted by Gasteiger charge is 2.28. The first-order valence-corrected chi connectivity index (χ1v) is 8.05. The van der Waals surface area contributed by atoms with Crippen LogP contribution in [0.2, 0.25) is 5.02 Å². The van der Waals surface area contributed by atoms with E-state index in [1.807, 2.05) is 6.92 Å². The van der Waals surface area contributed by atoms with Gasteiger partial charge < -0.3 is 20.1 Å². The van der Waals surface area contributed by atoms with Gasteiger partial charge in [-0.15, -0.1) is 24.8 Å². The predicted molar refractivity (Wildman–Crippen MR) is 106 cm³/mol. The summed E-state index contributed by atoms with van der Waals surface area (Å²) in [5, 5.41) is 6.58. The molecule has 0 unspecified atom stereocenters. The Hall–Kier alpha value is -1.57. The van der Waals surface area contributed by atoms with Crippen LogP contribution in [0.1, 0.15) is 6.92 Å². The number of ether oxygens (including phenoxy) is 2. The van der Waals surface area contributed by atoms with Crippen molar-refractivity contribution in [3.8, 4) is 11.6 Å². The van der Waals surface area contributed by atoms with Gasteiger partial charge in [0.25, 0.3) is 0 Å². The number of amides is 1. The molecule has 9 heteroatoms. The second kappa shape index (κ2) is 10.5. The minimum absolute atomic E-state index is 0. The number of halogens is 3. The van der Waals surface area contributed by atoms with E-state index in [1.54, 1.807) is 36.4 Å². The van der Waals surface area contributed by atoms with E-state index >= 15 is 0 Å². The highest BCUT2D eigenvalue weighted by Crippen LogP contribution is 2.22. The maximum atomic E-state index is 12.3. The minimum Gasteiger partial charge on any atom is -0.439 e. The van der Waals surface area contributed by atoms with Gasteiger partial charge in [0.2, 0.25) is 11.8 Å². The van der Waals surface area contributed by atoms with Gasteiger partial charge in [0.15, 0.2) is 0 Å². The normalized spacial score (nSPS) is 18.8. The number of pyridine rings is 1. The summed E-state index contributed by atoms with van der Waals surface area (Å²) in [6, 6.07) is 10.1. The Balaban J connectivity index is 0.00000169. The van der Waals surface area contributed by atoms with Crippen molar-refractivity contribution < 1.29 is 14.3 Å². The number of morpholine rings is 1. The van der Waals surface area contributed by atoms with Crippen LogP contribution in [-0.4, -0.2) is 36.2 Å². The van der Waals surface area contributed by atoms with Crippen LogP contribution in [0, 0.1) is 0 Å². The van der Waals surface area contributed by atoms with Gasteiger partial charge in [-0.05, 0) is 37.3 Å². The molecular formula is C17H20Cl3N3O3. The number of carbonyl (C=O) groups is 1. The fourth-order valence-corrected chi connectivity index (χ4v) is 2.51. The molecule has 0 radical (unpaired) electrons. The number of rotatable bonds is 4. The number of benzene rings is 1. The SMILES string of the molecule is C[C@H]1OCCN[C@@H]1C(=O)Nc1ccc(Oc2ccc(Cl)cn2)cc1.Cl.Cl. The number of aromatic nitrogens is 1. The van der Waals surface area contributed by atoms with Gasteiger partial charge in [0, 0.05) is 24.5 Å².